The highest BCUT2D eigenvalue weighted by Crippen LogP contribution is 2.36. The van der Waals surface area contributed by atoms with Crippen LogP contribution in [0.5, 0.6) is 0 Å². The monoisotopic (exact) mass is 251 g/mol. The minimum absolute atomic E-state index is 0.118. The third kappa shape index (κ3) is 2.71. The first-order valence-electron chi connectivity index (χ1n) is 7.05. The highest BCUT2D eigenvalue weighted by molar-refractivity contribution is 4.97. The maximum Gasteiger partial charge on any atom is 0.168 e. The lowest BCUT2D eigenvalue weighted by molar-refractivity contribution is 0.270. The van der Waals surface area contributed by atoms with Gasteiger partial charge >= 0.3 is 0 Å². The highest BCUT2D eigenvalue weighted by atomic mass is 15.6. The van der Waals surface area contributed by atoms with Gasteiger partial charge in [0.1, 0.15) is 0 Å². The fourth-order valence-corrected chi connectivity index (χ4v) is 2.70. The van der Waals surface area contributed by atoms with Gasteiger partial charge in [-0.15, -0.1) is 5.10 Å². The third-order valence-corrected chi connectivity index (χ3v) is 3.91. The second-order valence-electron chi connectivity index (χ2n) is 6.18. The Bertz CT molecular complexity index is 378. The number of hydrogen-bond donors (Lipinski definition) is 1. The third-order valence-electron chi connectivity index (χ3n) is 3.91. The van der Waals surface area contributed by atoms with E-state index in [1.54, 1.807) is 0 Å². The lowest BCUT2D eigenvalue weighted by Gasteiger charge is -2.26. The maximum atomic E-state index is 4.23. The Labute approximate surface area is 109 Å². The van der Waals surface area contributed by atoms with E-state index in [2.05, 4.69) is 53.2 Å². The summed E-state index contributed by atoms with van der Waals surface area (Å²) >= 11 is 0. The number of rotatable bonds is 5. The molecule has 1 fully saturated rings. The van der Waals surface area contributed by atoms with Gasteiger partial charge in [0.05, 0.1) is 11.6 Å². The summed E-state index contributed by atoms with van der Waals surface area (Å²) in [4.78, 5) is 0. The molecule has 0 aliphatic heterocycles. The molecule has 1 aliphatic carbocycles. The Morgan fingerprint density at radius 2 is 1.94 bits per heavy atom. The van der Waals surface area contributed by atoms with Crippen molar-refractivity contribution in [3.63, 3.8) is 0 Å². The van der Waals surface area contributed by atoms with Crippen molar-refractivity contribution in [3.8, 4) is 0 Å². The predicted molar refractivity (Wildman–Crippen MR) is 71.2 cm³/mol. The number of nitrogens with zero attached hydrogens (tertiary/aromatic N) is 4. The zero-order valence-electron chi connectivity index (χ0n) is 12.0. The van der Waals surface area contributed by atoms with E-state index in [9.17, 15) is 0 Å². The van der Waals surface area contributed by atoms with Crippen molar-refractivity contribution in [2.45, 2.75) is 65.0 Å². The minimum Gasteiger partial charge on any atom is -0.307 e. The summed E-state index contributed by atoms with van der Waals surface area (Å²) in [6.45, 7) is 9.82. The normalized spacial score (nSPS) is 20.5. The van der Waals surface area contributed by atoms with Gasteiger partial charge in [-0.2, -0.15) is 0 Å². The van der Waals surface area contributed by atoms with Crippen molar-refractivity contribution in [2.24, 2.45) is 5.92 Å². The second-order valence-corrected chi connectivity index (χ2v) is 6.18. The molecule has 1 saturated carbocycles. The van der Waals surface area contributed by atoms with Gasteiger partial charge in [0, 0.05) is 0 Å². The lowest BCUT2D eigenvalue weighted by Crippen LogP contribution is -2.33. The Morgan fingerprint density at radius 1 is 1.28 bits per heavy atom. The molecule has 0 radical (unpaired) electrons. The van der Waals surface area contributed by atoms with Gasteiger partial charge in [0.15, 0.2) is 5.82 Å². The molecular weight excluding hydrogens is 226 g/mol. The fourth-order valence-electron chi connectivity index (χ4n) is 2.70. The van der Waals surface area contributed by atoms with Crippen LogP contribution in [0, 0.1) is 5.92 Å². The topological polar surface area (TPSA) is 55.6 Å². The van der Waals surface area contributed by atoms with Crippen molar-refractivity contribution < 1.29 is 0 Å². The maximum absolute atomic E-state index is 4.23. The van der Waals surface area contributed by atoms with E-state index in [0.29, 0.717) is 5.92 Å². The van der Waals surface area contributed by atoms with Gasteiger partial charge in [-0.05, 0) is 49.6 Å². The second kappa shape index (κ2) is 5.34. The summed E-state index contributed by atoms with van der Waals surface area (Å²) in [6.07, 6.45) is 4.93. The summed E-state index contributed by atoms with van der Waals surface area (Å²) in [7, 11) is 0. The SMILES string of the molecule is CC(C)CNC(C)c1nnnn1C1(C)CCCC1. The van der Waals surface area contributed by atoms with Gasteiger partial charge in [0.25, 0.3) is 0 Å². The van der Waals surface area contributed by atoms with Crippen molar-refractivity contribution in [1.29, 1.82) is 0 Å². The van der Waals surface area contributed by atoms with Gasteiger partial charge in [-0.3, -0.25) is 0 Å². The number of tetrazole rings is 1. The van der Waals surface area contributed by atoms with Gasteiger partial charge in [0.2, 0.25) is 0 Å². The fraction of sp³-hybridized carbons (Fsp3) is 0.923. The van der Waals surface area contributed by atoms with E-state index in [0.717, 1.165) is 12.4 Å². The average molecular weight is 251 g/mol. The number of aromatic nitrogens is 4. The molecule has 0 saturated heterocycles. The van der Waals surface area contributed by atoms with Crippen LogP contribution in [-0.2, 0) is 5.54 Å². The van der Waals surface area contributed by atoms with E-state index in [4.69, 9.17) is 0 Å². The summed E-state index contributed by atoms with van der Waals surface area (Å²) in [6, 6.07) is 0.208. The summed E-state index contributed by atoms with van der Waals surface area (Å²) in [5, 5.41) is 15.8. The first-order valence-corrected chi connectivity index (χ1v) is 7.05. The largest absolute Gasteiger partial charge is 0.307 e. The van der Waals surface area contributed by atoms with Crippen LogP contribution in [0.2, 0.25) is 0 Å². The molecule has 2 rings (SSSR count). The van der Waals surface area contributed by atoms with Crippen molar-refractivity contribution >= 4 is 0 Å². The van der Waals surface area contributed by atoms with Gasteiger partial charge in [-0.25, -0.2) is 4.68 Å². The molecule has 1 unspecified atom stereocenters. The van der Waals surface area contributed by atoms with Crippen LogP contribution in [0.3, 0.4) is 0 Å². The quantitative estimate of drug-likeness (QED) is 0.872. The Balaban J connectivity index is 2.12. The summed E-state index contributed by atoms with van der Waals surface area (Å²) in [5.41, 5.74) is 0.118. The molecule has 1 aromatic rings. The van der Waals surface area contributed by atoms with E-state index in [1.165, 1.54) is 25.7 Å². The molecule has 0 bridgehead atoms. The smallest absolute Gasteiger partial charge is 0.168 e. The van der Waals surface area contributed by atoms with E-state index >= 15 is 0 Å². The Hall–Kier alpha value is -0.970. The van der Waals surface area contributed by atoms with Crippen molar-refractivity contribution in [2.75, 3.05) is 6.54 Å². The van der Waals surface area contributed by atoms with Crippen LogP contribution >= 0.6 is 0 Å². The summed E-state index contributed by atoms with van der Waals surface area (Å²) < 4.78 is 2.05. The average Bonchev–Trinajstić information content (AvgIpc) is 2.94. The molecule has 5 nitrogen and oxygen atoms in total. The van der Waals surface area contributed by atoms with Crippen molar-refractivity contribution in [3.05, 3.63) is 5.82 Å². The van der Waals surface area contributed by atoms with Gasteiger partial charge < -0.3 is 5.32 Å². The van der Waals surface area contributed by atoms with Gasteiger partial charge in [-0.1, -0.05) is 26.7 Å². The molecule has 1 heterocycles. The van der Waals surface area contributed by atoms with Crippen molar-refractivity contribution in [1.82, 2.24) is 25.5 Å². The molecule has 5 heteroatoms. The Morgan fingerprint density at radius 3 is 2.56 bits per heavy atom. The van der Waals surface area contributed by atoms with E-state index in [1.807, 2.05) is 0 Å². The number of nitrogens with one attached hydrogen (secondary N) is 1. The zero-order valence-corrected chi connectivity index (χ0v) is 12.0. The molecule has 102 valence electrons. The molecule has 1 N–H and O–H groups in total. The molecular formula is C13H25N5. The summed E-state index contributed by atoms with van der Waals surface area (Å²) in [5.74, 6) is 1.61. The lowest BCUT2D eigenvalue weighted by atomic mass is 10.0. The minimum atomic E-state index is 0.118. The standard InChI is InChI=1S/C13H25N5/c1-10(2)9-14-11(3)12-15-16-17-18(12)13(4)7-5-6-8-13/h10-11,14H,5-9H2,1-4H3. The van der Waals surface area contributed by atoms with E-state index in [-0.39, 0.29) is 11.6 Å². The highest BCUT2D eigenvalue weighted by Gasteiger charge is 2.34. The van der Waals surface area contributed by atoms with Crippen LogP contribution < -0.4 is 5.32 Å². The Kier molecular flexibility index (Phi) is 4.00. The molecule has 0 aromatic carbocycles. The predicted octanol–water partition coefficient (Wildman–Crippen LogP) is 2.27. The number of hydrogen-bond acceptors (Lipinski definition) is 4. The van der Waals surface area contributed by atoms with Crippen LogP contribution in [0.15, 0.2) is 0 Å². The molecule has 18 heavy (non-hydrogen) atoms. The van der Waals surface area contributed by atoms with Crippen LogP contribution in [-0.4, -0.2) is 26.8 Å². The molecule has 0 amide bonds. The van der Waals surface area contributed by atoms with Crippen LogP contribution in [0.4, 0.5) is 0 Å². The molecule has 0 spiro atoms. The van der Waals surface area contributed by atoms with Crippen LogP contribution in [0.25, 0.3) is 0 Å². The van der Waals surface area contributed by atoms with Crippen LogP contribution in [0.1, 0.15) is 65.2 Å². The first kappa shape index (κ1) is 13.5. The zero-order chi connectivity index (χ0) is 13.2. The van der Waals surface area contributed by atoms with E-state index < -0.39 is 0 Å². The first-order chi connectivity index (χ1) is 8.53. The molecule has 1 aromatic heterocycles. The molecule has 1 aliphatic rings. The molecule has 1 atom stereocenters.